The molecule has 0 bridgehead atoms. The fourth-order valence-corrected chi connectivity index (χ4v) is 1.58. The molecule has 0 fully saturated rings. The predicted octanol–water partition coefficient (Wildman–Crippen LogP) is 2.69. The van der Waals surface area contributed by atoms with Crippen molar-refractivity contribution in [1.29, 1.82) is 0 Å². The van der Waals surface area contributed by atoms with E-state index in [1.165, 1.54) is 12.3 Å². The molecule has 0 aliphatic rings. The number of amides is 1. The van der Waals surface area contributed by atoms with Gasteiger partial charge in [0.1, 0.15) is 0 Å². The number of rotatable bonds is 2. The van der Waals surface area contributed by atoms with E-state index in [2.05, 4.69) is 15.5 Å². The molecule has 5 heteroatoms. The van der Waals surface area contributed by atoms with Crippen LogP contribution in [-0.2, 0) is 0 Å². The Morgan fingerprint density at radius 3 is 2.76 bits per heavy atom. The smallest absolute Gasteiger partial charge is 0.258 e. The minimum atomic E-state index is -0.292. The van der Waals surface area contributed by atoms with Gasteiger partial charge in [-0.2, -0.15) is 5.10 Å². The molecule has 4 nitrogen and oxygen atoms in total. The number of carbonyl (C=O) groups is 1. The van der Waals surface area contributed by atoms with Gasteiger partial charge in [0.15, 0.2) is 5.15 Å². The predicted molar refractivity (Wildman–Crippen MR) is 66.2 cm³/mol. The topological polar surface area (TPSA) is 54.9 Å². The molecule has 1 amide bonds. The van der Waals surface area contributed by atoms with Crippen LogP contribution in [0.1, 0.15) is 15.9 Å². The highest BCUT2D eigenvalue weighted by atomic mass is 35.5. The normalized spacial score (nSPS) is 10.0. The highest BCUT2D eigenvalue weighted by Crippen LogP contribution is 2.16. The zero-order valence-corrected chi connectivity index (χ0v) is 9.90. The van der Waals surface area contributed by atoms with Crippen molar-refractivity contribution >= 4 is 23.2 Å². The molecular formula is C12H10ClN3O. The van der Waals surface area contributed by atoms with Crippen molar-refractivity contribution in [2.75, 3.05) is 5.32 Å². The van der Waals surface area contributed by atoms with Crippen LogP contribution in [0.2, 0.25) is 5.15 Å². The lowest BCUT2D eigenvalue weighted by Gasteiger charge is -2.08. The van der Waals surface area contributed by atoms with Crippen LogP contribution in [0.25, 0.3) is 0 Å². The van der Waals surface area contributed by atoms with Crippen LogP contribution in [0, 0.1) is 6.92 Å². The van der Waals surface area contributed by atoms with Crippen molar-refractivity contribution in [3.8, 4) is 0 Å². The van der Waals surface area contributed by atoms with Gasteiger partial charge in [0, 0.05) is 5.69 Å². The number of aryl methyl sites for hydroxylation is 1. The molecule has 0 aliphatic carbocycles. The largest absolute Gasteiger partial charge is 0.322 e. The molecule has 86 valence electrons. The molecule has 0 aliphatic heterocycles. The summed E-state index contributed by atoms with van der Waals surface area (Å²) >= 11 is 5.79. The summed E-state index contributed by atoms with van der Waals surface area (Å²) in [7, 11) is 0. The number of hydrogen-bond acceptors (Lipinski definition) is 3. The van der Waals surface area contributed by atoms with Crippen LogP contribution < -0.4 is 5.32 Å². The van der Waals surface area contributed by atoms with Gasteiger partial charge in [-0.05, 0) is 24.6 Å². The highest BCUT2D eigenvalue weighted by Gasteiger charge is 2.11. The average Bonchev–Trinajstić information content (AvgIpc) is 2.32. The molecule has 0 unspecified atom stereocenters. The van der Waals surface area contributed by atoms with E-state index in [9.17, 15) is 4.79 Å². The third-order valence-electron chi connectivity index (χ3n) is 2.31. The van der Waals surface area contributed by atoms with Crippen LogP contribution >= 0.6 is 11.6 Å². The number of nitrogens with one attached hydrogen (secondary N) is 1. The van der Waals surface area contributed by atoms with Gasteiger partial charge in [0.05, 0.1) is 11.8 Å². The third-order valence-corrected chi connectivity index (χ3v) is 2.59. The summed E-state index contributed by atoms with van der Waals surface area (Å²) in [6, 6.07) is 9.04. The molecule has 17 heavy (non-hydrogen) atoms. The zero-order chi connectivity index (χ0) is 12.3. The first-order valence-corrected chi connectivity index (χ1v) is 5.40. The van der Waals surface area contributed by atoms with E-state index in [1.807, 2.05) is 31.2 Å². The fourth-order valence-electron chi connectivity index (χ4n) is 1.39. The Morgan fingerprint density at radius 2 is 2.06 bits per heavy atom. The quantitative estimate of drug-likeness (QED) is 0.888. The van der Waals surface area contributed by atoms with Crippen molar-refractivity contribution in [3.63, 3.8) is 0 Å². The fraction of sp³-hybridized carbons (Fsp3) is 0.0833. The first-order valence-electron chi connectivity index (χ1n) is 5.02. The third kappa shape index (κ3) is 2.60. The summed E-state index contributed by atoms with van der Waals surface area (Å²) in [5.74, 6) is -0.292. The molecule has 1 aromatic carbocycles. The summed E-state index contributed by atoms with van der Waals surface area (Å²) in [5, 5.41) is 10.1. The second-order valence-electron chi connectivity index (χ2n) is 3.50. The highest BCUT2D eigenvalue weighted by molar-refractivity contribution is 6.33. The second-order valence-corrected chi connectivity index (χ2v) is 3.86. The van der Waals surface area contributed by atoms with Crippen molar-refractivity contribution < 1.29 is 4.79 Å². The van der Waals surface area contributed by atoms with Gasteiger partial charge in [0.25, 0.3) is 5.91 Å². The molecule has 0 atom stereocenters. The van der Waals surface area contributed by atoms with Gasteiger partial charge in [-0.25, -0.2) is 0 Å². The van der Waals surface area contributed by atoms with Crippen LogP contribution in [0.5, 0.6) is 0 Å². The van der Waals surface area contributed by atoms with E-state index in [0.717, 1.165) is 11.3 Å². The summed E-state index contributed by atoms with van der Waals surface area (Å²) < 4.78 is 0. The molecular weight excluding hydrogens is 238 g/mol. The molecule has 0 saturated heterocycles. The maximum atomic E-state index is 11.9. The molecule has 2 aromatic rings. The number of hydrogen-bond donors (Lipinski definition) is 1. The van der Waals surface area contributed by atoms with Crippen LogP contribution in [0.3, 0.4) is 0 Å². The first-order chi connectivity index (χ1) is 8.18. The van der Waals surface area contributed by atoms with Crippen molar-refractivity contribution in [3.05, 3.63) is 52.8 Å². The summed E-state index contributed by atoms with van der Waals surface area (Å²) in [5.41, 5.74) is 2.05. The molecule has 1 N–H and O–H groups in total. The molecule has 0 spiro atoms. The minimum Gasteiger partial charge on any atom is -0.322 e. The summed E-state index contributed by atoms with van der Waals surface area (Å²) in [6.07, 6.45) is 1.43. The Labute approximate surface area is 104 Å². The Kier molecular flexibility index (Phi) is 3.35. The van der Waals surface area contributed by atoms with Gasteiger partial charge in [0.2, 0.25) is 0 Å². The van der Waals surface area contributed by atoms with Crippen molar-refractivity contribution in [1.82, 2.24) is 10.2 Å². The van der Waals surface area contributed by atoms with E-state index in [-0.39, 0.29) is 11.1 Å². The Bertz CT molecular complexity index is 557. The maximum Gasteiger partial charge on any atom is 0.258 e. The standard InChI is InChI=1S/C12H10ClN3O/c1-8-4-2-3-5-10(8)15-12(17)9-6-7-14-16-11(9)13/h2-7H,1H3,(H,15,17). The number of carbonyl (C=O) groups excluding carboxylic acids is 1. The minimum absolute atomic E-state index is 0.0959. The van der Waals surface area contributed by atoms with Crippen molar-refractivity contribution in [2.24, 2.45) is 0 Å². The average molecular weight is 248 g/mol. The van der Waals surface area contributed by atoms with E-state index in [0.29, 0.717) is 5.56 Å². The Hall–Kier alpha value is -1.94. The first kappa shape index (κ1) is 11.5. The van der Waals surface area contributed by atoms with Crippen molar-refractivity contribution in [2.45, 2.75) is 6.92 Å². The van der Waals surface area contributed by atoms with Crippen LogP contribution in [-0.4, -0.2) is 16.1 Å². The van der Waals surface area contributed by atoms with Gasteiger partial charge in [-0.3, -0.25) is 4.79 Å². The molecule has 2 rings (SSSR count). The van der Waals surface area contributed by atoms with E-state index in [4.69, 9.17) is 11.6 Å². The SMILES string of the molecule is Cc1ccccc1NC(=O)c1ccnnc1Cl. The molecule has 0 radical (unpaired) electrons. The second kappa shape index (κ2) is 4.93. The van der Waals surface area contributed by atoms with Gasteiger partial charge >= 0.3 is 0 Å². The van der Waals surface area contributed by atoms with E-state index >= 15 is 0 Å². The number of para-hydroxylation sites is 1. The summed E-state index contributed by atoms with van der Waals surface area (Å²) in [6.45, 7) is 1.92. The number of benzene rings is 1. The molecule has 1 aromatic heterocycles. The summed E-state index contributed by atoms with van der Waals surface area (Å²) in [4.78, 5) is 11.9. The maximum absolute atomic E-state index is 11.9. The number of halogens is 1. The molecule has 0 saturated carbocycles. The van der Waals surface area contributed by atoms with E-state index < -0.39 is 0 Å². The monoisotopic (exact) mass is 247 g/mol. The molecule has 1 heterocycles. The Balaban J connectivity index is 2.24. The van der Waals surface area contributed by atoms with E-state index in [1.54, 1.807) is 0 Å². The van der Waals surface area contributed by atoms with Crippen LogP contribution in [0.4, 0.5) is 5.69 Å². The lowest BCUT2D eigenvalue weighted by atomic mass is 10.2. The van der Waals surface area contributed by atoms with Gasteiger partial charge in [-0.15, -0.1) is 5.10 Å². The van der Waals surface area contributed by atoms with Gasteiger partial charge in [-0.1, -0.05) is 29.8 Å². The Morgan fingerprint density at radius 1 is 1.29 bits per heavy atom. The van der Waals surface area contributed by atoms with Gasteiger partial charge < -0.3 is 5.32 Å². The van der Waals surface area contributed by atoms with Crippen LogP contribution in [0.15, 0.2) is 36.5 Å². The zero-order valence-electron chi connectivity index (χ0n) is 9.14. The number of anilines is 1. The number of aromatic nitrogens is 2. The number of nitrogens with zero attached hydrogens (tertiary/aromatic N) is 2. The lowest BCUT2D eigenvalue weighted by Crippen LogP contribution is -2.13. The lowest BCUT2D eigenvalue weighted by molar-refractivity contribution is 0.102.